The van der Waals surface area contributed by atoms with Crippen molar-refractivity contribution in [3.05, 3.63) is 89.4 Å². The molecule has 1 aliphatic heterocycles. The van der Waals surface area contributed by atoms with Crippen LogP contribution in [0.3, 0.4) is 0 Å². The number of rotatable bonds is 11. The monoisotopic (exact) mass is 490 g/mol. The van der Waals surface area contributed by atoms with Crippen LogP contribution in [0.5, 0.6) is 0 Å². The van der Waals surface area contributed by atoms with Crippen molar-refractivity contribution in [2.75, 3.05) is 39.0 Å². The molecule has 36 heavy (non-hydrogen) atoms. The van der Waals surface area contributed by atoms with Crippen LogP contribution in [0.1, 0.15) is 48.9 Å². The van der Waals surface area contributed by atoms with Gasteiger partial charge in [-0.1, -0.05) is 44.7 Å². The quantitative estimate of drug-likeness (QED) is 0.265. The number of benzene rings is 2. The van der Waals surface area contributed by atoms with Crippen LogP contribution >= 0.6 is 0 Å². The van der Waals surface area contributed by atoms with Crippen molar-refractivity contribution in [2.24, 2.45) is 10.9 Å². The van der Waals surface area contributed by atoms with Gasteiger partial charge in [0.1, 0.15) is 5.82 Å². The highest BCUT2D eigenvalue weighted by atomic mass is 19.1. The lowest BCUT2D eigenvalue weighted by molar-refractivity contribution is 0.388. The molecule has 5 heteroatoms. The van der Waals surface area contributed by atoms with E-state index in [1.54, 1.807) is 13.1 Å². The molecular weight excluding hydrogens is 447 g/mol. The number of aliphatic imine (C=N–C) groups is 1. The van der Waals surface area contributed by atoms with E-state index in [0.717, 1.165) is 52.5 Å². The first-order valence-corrected chi connectivity index (χ1v) is 12.9. The van der Waals surface area contributed by atoms with Gasteiger partial charge in [-0.15, -0.1) is 0 Å². The first kappa shape index (κ1) is 29.1. The zero-order chi connectivity index (χ0) is 26.5. The second kappa shape index (κ2) is 15.0. The summed E-state index contributed by atoms with van der Waals surface area (Å²) < 4.78 is 13.8. The van der Waals surface area contributed by atoms with E-state index in [2.05, 4.69) is 59.1 Å². The number of anilines is 1. The molecule has 194 valence electrons. The second-order valence-corrected chi connectivity index (χ2v) is 9.10. The van der Waals surface area contributed by atoms with Gasteiger partial charge in [0.2, 0.25) is 0 Å². The second-order valence-electron chi connectivity index (χ2n) is 9.10. The van der Waals surface area contributed by atoms with Crippen LogP contribution in [-0.4, -0.2) is 45.3 Å². The smallest absolute Gasteiger partial charge is 0.126 e. The first-order chi connectivity index (χ1) is 17.4. The lowest BCUT2D eigenvalue weighted by Crippen LogP contribution is -2.19. The summed E-state index contributed by atoms with van der Waals surface area (Å²) in [7, 11) is 4.12. The molecule has 0 spiro atoms. The van der Waals surface area contributed by atoms with E-state index in [0.29, 0.717) is 12.0 Å². The number of hydrogen-bond donors (Lipinski definition) is 2. The number of hydrogen-bond acceptors (Lipinski definition) is 4. The van der Waals surface area contributed by atoms with Crippen LogP contribution in [-0.2, 0) is 6.42 Å². The minimum absolute atomic E-state index is 0.183. The van der Waals surface area contributed by atoms with Gasteiger partial charge in [0.15, 0.2) is 0 Å². The number of aryl methyl sites for hydroxylation is 1. The van der Waals surface area contributed by atoms with Crippen LogP contribution in [0.4, 0.5) is 10.1 Å². The van der Waals surface area contributed by atoms with Gasteiger partial charge in [-0.2, -0.15) is 0 Å². The normalized spacial score (nSPS) is 15.9. The van der Waals surface area contributed by atoms with E-state index >= 15 is 0 Å². The molecule has 1 atom stereocenters. The molecule has 0 aromatic heterocycles. The summed E-state index contributed by atoms with van der Waals surface area (Å²) in [5.41, 5.74) is 6.90. The lowest BCUT2D eigenvalue weighted by Gasteiger charge is -2.18. The summed E-state index contributed by atoms with van der Waals surface area (Å²) in [6.07, 6.45) is 8.68. The van der Waals surface area contributed by atoms with Crippen molar-refractivity contribution in [2.45, 2.75) is 40.0 Å². The van der Waals surface area contributed by atoms with Gasteiger partial charge < -0.3 is 15.5 Å². The Labute approximate surface area is 217 Å². The number of allylic oxidation sites excluding steroid dienone is 3. The number of halogens is 1. The Morgan fingerprint density at radius 1 is 1.22 bits per heavy atom. The van der Waals surface area contributed by atoms with E-state index in [4.69, 9.17) is 0 Å². The third-order valence-electron chi connectivity index (χ3n) is 6.47. The van der Waals surface area contributed by atoms with Gasteiger partial charge in [-0.3, -0.25) is 4.99 Å². The molecule has 2 aromatic rings. The molecule has 1 saturated heterocycles. The largest absolute Gasteiger partial charge is 0.388 e. The molecule has 1 heterocycles. The van der Waals surface area contributed by atoms with E-state index in [1.165, 1.54) is 25.6 Å². The first-order valence-electron chi connectivity index (χ1n) is 12.9. The Morgan fingerprint density at radius 3 is 2.64 bits per heavy atom. The maximum atomic E-state index is 13.8. The summed E-state index contributed by atoms with van der Waals surface area (Å²) in [6, 6.07) is 11.6. The minimum atomic E-state index is -0.183. The van der Waals surface area contributed by atoms with Crippen LogP contribution in [0.2, 0.25) is 0 Å². The fraction of sp³-hybridized carbons (Fsp3) is 0.387. The van der Waals surface area contributed by atoms with Crippen molar-refractivity contribution in [3.63, 3.8) is 0 Å². The van der Waals surface area contributed by atoms with Gasteiger partial charge in [-0.25, -0.2) is 4.39 Å². The molecule has 1 unspecified atom stereocenters. The average molecular weight is 491 g/mol. The lowest BCUT2D eigenvalue weighted by atomic mass is 9.94. The fourth-order valence-electron chi connectivity index (χ4n) is 4.51. The van der Waals surface area contributed by atoms with E-state index in [-0.39, 0.29) is 5.82 Å². The van der Waals surface area contributed by atoms with Crippen LogP contribution in [0, 0.1) is 18.7 Å². The predicted octanol–water partition coefficient (Wildman–Crippen LogP) is 6.94. The Morgan fingerprint density at radius 2 is 2.00 bits per heavy atom. The Bertz CT molecular complexity index is 1070. The zero-order valence-corrected chi connectivity index (χ0v) is 22.7. The molecule has 1 fully saturated rings. The standard InChI is InChI=1S/C29H37FN4.C2H6/c1-21-17-24(8-10-28(21)30)18-25(7-6-14-31-3)26-9-11-29(32-4)27(19-26)22(2)33-15-12-23-13-16-34(5)20-23;1-2/h6-11,14,17,19,23,32-33H,2-3,12-13,15-16,18,20H2,1,4-5H3;1-2H3/b14-6-,25-7+;. The molecule has 4 nitrogen and oxygen atoms in total. The summed E-state index contributed by atoms with van der Waals surface area (Å²) in [6.45, 7) is 16.9. The van der Waals surface area contributed by atoms with Crippen LogP contribution in [0.15, 0.2) is 66.3 Å². The molecule has 1 aliphatic rings. The van der Waals surface area contributed by atoms with E-state index < -0.39 is 0 Å². The average Bonchev–Trinajstić information content (AvgIpc) is 3.31. The van der Waals surface area contributed by atoms with Crippen LogP contribution in [0.25, 0.3) is 11.3 Å². The predicted molar refractivity (Wildman–Crippen MR) is 156 cm³/mol. The molecule has 0 amide bonds. The minimum Gasteiger partial charge on any atom is -0.388 e. The van der Waals surface area contributed by atoms with Gasteiger partial charge in [0.05, 0.1) is 0 Å². The number of nitrogens with zero attached hydrogens (tertiary/aromatic N) is 2. The molecule has 2 aromatic carbocycles. The molecule has 3 rings (SSSR count). The summed E-state index contributed by atoms with van der Waals surface area (Å²) in [5, 5.41) is 6.84. The van der Waals surface area contributed by atoms with Crippen molar-refractivity contribution in [1.82, 2.24) is 10.2 Å². The highest BCUT2D eigenvalue weighted by Crippen LogP contribution is 2.29. The highest BCUT2D eigenvalue weighted by molar-refractivity contribution is 5.79. The van der Waals surface area contributed by atoms with Crippen molar-refractivity contribution < 1.29 is 4.39 Å². The highest BCUT2D eigenvalue weighted by Gasteiger charge is 2.19. The van der Waals surface area contributed by atoms with Crippen molar-refractivity contribution >= 4 is 23.7 Å². The third kappa shape index (κ3) is 8.49. The fourth-order valence-corrected chi connectivity index (χ4v) is 4.51. The van der Waals surface area contributed by atoms with Gasteiger partial charge >= 0.3 is 0 Å². The zero-order valence-electron chi connectivity index (χ0n) is 22.7. The van der Waals surface area contributed by atoms with Crippen molar-refractivity contribution in [3.8, 4) is 0 Å². The number of likely N-dealkylation sites (tertiary alicyclic amines) is 1. The molecule has 0 saturated carbocycles. The maximum Gasteiger partial charge on any atom is 0.126 e. The summed E-state index contributed by atoms with van der Waals surface area (Å²) in [5.74, 6) is 0.566. The summed E-state index contributed by atoms with van der Waals surface area (Å²) >= 11 is 0. The van der Waals surface area contributed by atoms with Crippen LogP contribution < -0.4 is 10.6 Å². The molecule has 0 bridgehead atoms. The Balaban J connectivity index is 0.00000222. The van der Waals surface area contributed by atoms with Gasteiger partial charge in [0, 0.05) is 43.3 Å². The van der Waals surface area contributed by atoms with E-state index in [9.17, 15) is 4.39 Å². The van der Waals surface area contributed by atoms with Gasteiger partial charge in [0.25, 0.3) is 0 Å². The topological polar surface area (TPSA) is 39.7 Å². The Hall–Kier alpha value is -3.18. The van der Waals surface area contributed by atoms with Crippen molar-refractivity contribution in [1.29, 1.82) is 0 Å². The number of nitrogens with one attached hydrogen (secondary N) is 2. The Kier molecular flexibility index (Phi) is 12.1. The SMILES string of the molecule is C=N/C=C\C=C(/Cc1ccc(F)c(C)c1)c1ccc(NC)c(C(=C)NCCC2CCN(C)C2)c1.CC. The molecular formula is C31H43FN4. The molecule has 0 aliphatic carbocycles. The summed E-state index contributed by atoms with van der Waals surface area (Å²) in [4.78, 5) is 6.21. The third-order valence-corrected chi connectivity index (χ3v) is 6.47. The molecule has 0 radical (unpaired) electrons. The van der Waals surface area contributed by atoms with Gasteiger partial charge in [-0.05, 0) is 99.0 Å². The van der Waals surface area contributed by atoms with E-state index in [1.807, 2.05) is 45.2 Å². The molecule has 2 N–H and O–H groups in total. The maximum absolute atomic E-state index is 13.8.